The zero-order valence-electron chi connectivity index (χ0n) is 9.80. The van der Waals surface area contributed by atoms with Crippen molar-refractivity contribution in [3.8, 4) is 6.07 Å². The molecular weight excluding hydrogens is 192 g/mol. The summed E-state index contributed by atoms with van der Waals surface area (Å²) in [6.45, 7) is 4.38. The first-order valence-corrected chi connectivity index (χ1v) is 5.35. The van der Waals surface area contributed by atoms with Gasteiger partial charge in [0, 0.05) is 20.1 Å². The van der Waals surface area contributed by atoms with E-state index < -0.39 is 5.54 Å². The summed E-state index contributed by atoms with van der Waals surface area (Å²) in [6, 6.07) is 2.17. The van der Waals surface area contributed by atoms with Gasteiger partial charge in [-0.15, -0.1) is 0 Å². The smallest absolute Gasteiger partial charge is 0.221 e. The Labute approximate surface area is 91.6 Å². The van der Waals surface area contributed by atoms with Crippen molar-refractivity contribution >= 4 is 5.91 Å². The molecule has 4 heteroatoms. The van der Waals surface area contributed by atoms with Crippen LogP contribution in [-0.2, 0) is 9.53 Å². The van der Waals surface area contributed by atoms with E-state index in [-0.39, 0.29) is 5.91 Å². The number of amides is 1. The number of nitrogens with one attached hydrogen (secondary N) is 1. The Morgan fingerprint density at radius 2 is 2.07 bits per heavy atom. The average Bonchev–Trinajstić information content (AvgIpc) is 2.26. The lowest BCUT2D eigenvalue weighted by Crippen LogP contribution is -2.46. The third-order valence-electron chi connectivity index (χ3n) is 2.55. The second kappa shape index (κ2) is 7.24. The summed E-state index contributed by atoms with van der Waals surface area (Å²) in [5, 5.41) is 11.8. The standard InChI is InChI=1S/C11H20N2O2/c1-4-11(5-2,9-12)13-10(14)7-6-8-15-3/h4-8H2,1-3H3,(H,13,14). The lowest BCUT2D eigenvalue weighted by atomic mass is 9.94. The molecule has 1 amide bonds. The van der Waals surface area contributed by atoms with Gasteiger partial charge < -0.3 is 10.1 Å². The average molecular weight is 212 g/mol. The number of hydrogen-bond acceptors (Lipinski definition) is 3. The first kappa shape index (κ1) is 13.9. The Bertz CT molecular complexity index is 229. The summed E-state index contributed by atoms with van der Waals surface area (Å²) in [6.07, 6.45) is 2.38. The zero-order chi connectivity index (χ0) is 11.7. The lowest BCUT2D eigenvalue weighted by Gasteiger charge is -2.24. The van der Waals surface area contributed by atoms with Gasteiger partial charge in [-0.25, -0.2) is 0 Å². The number of rotatable bonds is 7. The third kappa shape index (κ3) is 4.80. The highest BCUT2D eigenvalue weighted by Crippen LogP contribution is 2.13. The van der Waals surface area contributed by atoms with Gasteiger partial charge in [0.05, 0.1) is 6.07 Å². The fourth-order valence-corrected chi connectivity index (χ4v) is 1.32. The van der Waals surface area contributed by atoms with E-state index in [9.17, 15) is 4.79 Å². The van der Waals surface area contributed by atoms with Gasteiger partial charge in [-0.3, -0.25) is 4.79 Å². The Kier molecular flexibility index (Phi) is 6.72. The molecule has 0 atom stereocenters. The number of carbonyl (C=O) groups is 1. The highest BCUT2D eigenvalue weighted by Gasteiger charge is 2.27. The summed E-state index contributed by atoms with van der Waals surface area (Å²) < 4.78 is 4.86. The van der Waals surface area contributed by atoms with E-state index in [2.05, 4.69) is 11.4 Å². The van der Waals surface area contributed by atoms with Gasteiger partial charge in [0.1, 0.15) is 5.54 Å². The molecule has 0 aromatic rings. The molecule has 0 aliphatic rings. The van der Waals surface area contributed by atoms with Crippen molar-refractivity contribution in [3.05, 3.63) is 0 Å². The summed E-state index contributed by atoms with van der Waals surface area (Å²) in [4.78, 5) is 11.5. The van der Waals surface area contributed by atoms with Gasteiger partial charge >= 0.3 is 0 Å². The molecule has 0 aromatic heterocycles. The number of carbonyl (C=O) groups excluding carboxylic acids is 1. The Morgan fingerprint density at radius 1 is 1.47 bits per heavy atom. The monoisotopic (exact) mass is 212 g/mol. The minimum atomic E-state index is -0.690. The molecular formula is C11H20N2O2. The highest BCUT2D eigenvalue weighted by atomic mass is 16.5. The summed E-state index contributed by atoms with van der Waals surface area (Å²) in [7, 11) is 1.61. The molecule has 0 heterocycles. The quantitative estimate of drug-likeness (QED) is 0.652. The SMILES string of the molecule is CCC(C#N)(CC)NC(=O)CCCOC. The van der Waals surface area contributed by atoms with Crippen molar-refractivity contribution < 1.29 is 9.53 Å². The van der Waals surface area contributed by atoms with Crippen LogP contribution in [0, 0.1) is 11.3 Å². The number of ether oxygens (including phenoxy) is 1. The molecule has 0 unspecified atom stereocenters. The number of methoxy groups -OCH3 is 1. The van der Waals surface area contributed by atoms with E-state index >= 15 is 0 Å². The maximum atomic E-state index is 11.5. The maximum absolute atomic E-state index is 11.5. The van der Waals surface area contributed by atoms with E-state index in [1.54, 1.807) is 7.11 Å². The van der Waals surface area contributed by atoms with E-state index in [1.807, 2.05) is 13.8 Å². The molecule has 0 rings (SSSR count). The van der Waals surface area contributed by atoms with Crippen LogP contribution >= 0.6 is 0 Å². The Hall–Kier alpha value is -1.08. The summed E-state index contributed by atoms with van der Waals surface area (Å²) in [5.41, 5.74) is -0.690. The predicted octanol–water partition coefficient (Wildman–Crippen LogP) is 1.61. The molecule has 15 heavy (non-hydrogen) atoms. The first-order valence-electron chi connectivity index (χ1n) is 5.35. The molecule has 0 spiro atoms. The largest absolute Gasteiger partial charge is 0.385 e. The van der Waals surface area contributed by atoms with E-state index in [1.165, 1.54) is 0 Å². The molecule has 0 saturated carbocycles. The number of hydrogen-bond donors (Lipinski definition) is 1. The molecule has 4 nitrogen and oxygen atoms in total. The minimum Gasteiger partial charge on any atom is -0.385 e. The van der Waals surface area contributed by atoms with Crippen LogP contribution < -0.4 is 5.32 Å². The van der Waals surface area contributed by atoms with Crippen LogP contribution in [-0.4, -0.2) is 25.2 Å². The van der Waals surface area contributed by atoms with Gasteiger partial charge in [-0.05, 0) is 19.3 Å². The van der Waals surface area contributed by atoms with Crippen molar-refractivity contribution in [3.63, 3.8) is 0 Å². The molecule has 0 aliphatic carbocycles. The normalized spacial score (nSPS) is 10.8. The fraction of sp³-hybridized carbons (Fsp3) is 0.818. The molecule has 0 saturated heterocycles. The van der Waals surface area contributed by atoms with Crippen LogP contribution in [0.3, 0.4) is 0 Å². The Morgan fingerprint density at radius 3 is 2.47 bits per heavy atom. The zero-order valence-corrected chi connectivity index (χ0v) is 9.80. The van der Waals surface area contributed by atoms with Crippen molar-refractivity contribution in [2.24, 2.45) is 0 Å². The van der Waals surface area contributed by atoms with Crippen molar-refractivity contribution in [1.82, 2.24) is 5.32 Å². The highest BCUT2D eigenvalue weighted by molar-refractivity contribution is 5.77. The molecule has 1 N–H and O–H groups in total. The van der Waals surface area contributed by atoms with Crippen molar-refractivity contribution in [1.29, 1.82) is 5.26 Å². The third-order valence-corrected chi connectivity index (χ3v) is 2.55. The topological polar surface area (TPSA) is 62.1 Å². The molecule has 0 aromatic carbocycles. The van der Waals surface area contributed by atoms with Crippen LogP contribution in [0.5, 0.6) is 0 Å². The predicted molar refractivity (Wildman–Crippen MR) is 58.2 cm³/mol. The number of nitriles is 1. The molecule has 0 aliphatic heterocycles. The van der Waals surface area contributed by atoms with E-state index in [0.717, 1.165) is 0 Å². The molecule has 0 fully saturated rings. The summed E-state index contributed by atoms with van der Waals surface area (Å²) in [5.74, 6) is -0.0719. The Balaban J connectivity index is 4.08. The van der Waals surface area contributed by atoms with Crippen LogP contribution in [0.2, 0.25) is 0 Å². The van der Waals surface area contributed by atoms with Crippen LogP contribution in [0.4, 0.5) is 0 Å². The molecule has 0 radical (unpaired) electrons. The van der Waals surface area contributed by atoms with E-state index in [4.69, 9.17) is 10.00 Å². The van der Waals surface area contributed by atoms with Gasteiger partial charge in [0.2, 0.25) is 5.91 Å². The van der Waals surface area contributed by atoms with Gasteiger partial charge in [0.25, 0.3) is 0 Å². The first-order chi connectivity index (χ1) is 7.14. The van der Waals surface area contributed by atoms with Gasteiger partial charge in [-0.1, -0.05) is 13.8 Å². The lowest BCUT2D eigenvalue weighted by molar-refractivity contribution is -0.122. The van der Waals surface area contributed by atoms with E-state index in [0.29, 0.717) is 32.3 Å². The van der Waals surface area contributed by atoms with Gasteiger partial charge in [-0.2, -0.15) is 5.26 Å². The van der Waals surface area contributed by atoms with Crippen molar-refractivity contribution in [2.45, 2.75) is 45.1 Å². The molecule has 0 bridgehead atoms. The van der Waals surface area contributed by atoms with Crippen LogP contribution in [0.1, 0.15) is 39.5 Å². The maximum Gasteiger partial charge on any atom is 0.221 e. The fourth-order valence-electron chi connectivity index (χ4n) is 1.32. The van der Waals surface area contributed by atoms with Crippen LogP contribution in [0.25, 0.3) is 0 Å². The number of nitrogens with zero attached hydrogens (tertiary/aromatic N) is 1. The minimum absolute atomic E-state index is 0.0719. The van der Waals surface area contributed by atoms with Gasteiger partial charge in [0.15, 0.2) is 0 Å². The van der Waals surface area contributed by atoms with Crippen molar-refractivity contribution in [2.75, 3.05) is 13.7 Å². The summed E-state index contributed by atoms with van der Waals surface area (Å²) >= 11 is 0. The second-order valence-electron chi connectivity index (χ2n) is 3.55. The molecule has 86 valence electrons. The second-order valence-corrected chi connectivity index (χ2v) is 3.55. The van der Waals surface area contributed by atoms with Crippen LogP contribution in [0.15, 0.2) is 0 Å².